The average molecular weight is 396 g/mol. The van der Waals surface area contributed by atoms with Crippen LogP contribution in [-0.4, -0.2) is 16.2 Å². The molecule has 4 rings (SSSR count). The van der Waals surface area contributed by atoms with E-state index in [0.717, 1.165) is 11.4 Å². The Bertz CT molecular complexity index is 1130. The molecule has 0 radical (unpaired) electrons. The number of fused-ring (bicyclic) bond motifs is 3. The summed E-state index contributed by atoms with van der Waals surface area (Å²) in [5.74, 6) is 0.289. The van der Waals surface area contributed by atoms with Crippen LogP contribution in [0, 0.1) is 6.92 Å². The molecule has 0 fully saturated rings. The van der Waals surface area contributed by atoms with Crippen molar-refractivity contribution in [2.45, 2.75) is 32.9 Å². The summed E-state index contributed by atoms with van der Waals surface area (Å²) in [7, 11) is 0. The largest absolute Gasteiger partial charge is 0.403 e. The Kier molecular flexibility index (Phi) is 4.73. The van der Waals surface area contributed by atoms with Gasteiger partial charge >= 0.3 is 11.5 Å². The summed E-state index contributed by atoms with van der Waals surface area (Å²) >= 11 is 5.99. The molecule has 1 aliphatic heterocycles. The highest BCUT2D eigenvalue weighted by atomic mass is 35.5. The fourth-order valence-electron chi connectivity index (χ4n) is 3.66. The van der Waals surface area contributed by atoms with Gasteiger partial charge in [0.2, 0.25) is 0 Å². The van der Waals surface area contributed by atoms with Crippen LogP contribution in [0.15, 0.2) is 58.4 Å². The van der Waals surface area contributed by atoms with Crippen molar-refractivity contribution in [2.24, 2.45) is 4.99 Å². The molecular formula is C21H20ClN4O2+. The standard InChI is InChI=1S/C21H19ClN4O2/c1-3-16-13(2)25(12-19(27)23-15-8-6-7-14(22)11-15)21-24-17-9-4-5-10-18(17)26(21)20(16)28/h4-11,18H,3,12H2,1-2H3/p+1. The van der Waals surface area contributed by atoms with E-state index in [-0.39, 0.29) is 24.1 Å². The Morgan fingerprint density at radius 2 is 2.18 bits per heavy atom. The molecule has 0 saturated heterocycles. The molecule has 2 heterocycles. The summed E-state index contributed by atoms with van der Waals surface area (Å²) < 4.78 is 3.49. The molecule has 142 valence electrons. The molecule has 2 aliphatic rings. The lowest BCUT2D eigenvalue weighted by atomic mass is 10.1. The van der Waals surface area contributed by atoms with E-state index in [1.807, 2.05) is 42.7 Å². The minimum atomic E-state index is -0.222. The van der Waals surface area contributed by atoms with E-state index in [1.165, 1.54) is 0 Å². The quantitative estimate of drug-likeness (QED) is 0.808. The topological polar surface area (TPSA) is 67.3 Å². The number of nitrogens with zero attached hydrogens (tertiary/aromatic N) is 3. The van der Waals surface area contributed by atoms with Gasteiger partial charge in [-0.1, -0.05) is 41.7 Å². The molecule has 1 atom stereocenters. The summed E-state index contributed by atoms with van der Waals surface area (Å²) in [5.41, 5.74) is 2.83. The van der Waals surface area contributed by atoms with Gasteiger partial charge in [0, 0.05) is 10.7 Å². The maximum absolute atomic E-state index is 13.0. The number of hydrogen-bond donors (Lipinski definition) is 1. The first-order valence-electron chi connectivity index (χ1n) is 9.16. The van der Waals surface area contributed by atoms with Gasteiger partial charge in [0.15, 0.2) is 18.3 Å². The number of halogens is 1. The molecule has 0 spiro atoms. The molecule has 1 amide bonds. The second-order valence-electron chi connectivity index (χ2n) is 6.76. The molecular weight excluding hydrogens is 376 g/mol. The Morgan fingerprint density at radius 1 is 1.36 bits per heavy atom. The molecule has 0 saturated carbocycles. The lowest BCUT2D eigenvalue weighted by Gasteiger charge is -2.14. The van der Waals surface area contributed by atoms with Crippen LogP contribution in [-0.2, 0) is 17.8 Å². The highest BCUT2D eigenvalue weighted by Gasteiger charge is 2.38. The van der Waals surface area contributed by atoms with Crippen LogP contribution in [0.3, 0.4) is 0 Å². The van der Waals surface area contributed by atoms with Crippen LogP contribution in [0.1, 0.15) is 24.2 Å². The minimum Gasteiger partial charge on any atom is -0.323 e. The molecule has 1 aromatic carbocycles. The van der Waals surface area contributed by atoms with Gasteiger partial charge in [0.1, 0.15) is 0 Å². The number of carbonyl (C=O) groups is 1. The highest BCUT2D eigenvalue weighted by Crippen LogP contribution is 2.27. The number of aromatic nitrogens is 2. The molecule has 0 bridgehead atoms. The van der Waals surface area contributed by atoms with Gasteiger partial charge < -0.3 is 5.32 Å². The van der Waals surface area contributed by atoms with Crippen LogP contribution in [0.25, 0.3) is 0 Å². The first kappa shape index (κ1) is 18.4. The predicted octanol–water partition coefficient (Wildman–Crippen LogP) is 3.05. The number of aliphatic imine (C=N–C) groups is 1. The van der Waals surface area contributed by atoms with Crippen LogP contribution in [0.2, 0.25) is 5.02 Å². The van der Waals surface area contributed by atoms with Crippen LogP contribution in [0.4, 0.5) is 11.6 Å². The minimum absolute atomic E-state index is 0.0507. The zero-order valence-corrected chi connectivity index (χ0v) is 16.4. The van der Waals surface area contributed by atoms with E-state index in [9.17, 15) is 9.59 Å². The van der Waals surface area contributed by atoms with Crippen molar-refractivity contribution in [3.63, 3.8) is 0 Å². The number of hydrogen-bond acceptors (Lipinski definition) is 3. The molecule has 7 heteroatoms. The first-order chi connectivity index (χ1) is 13.5. The zero-order valence-electron chi connectivity index (χ0n) is 15.6. The molecule has 1 aromatic heterocycles. The van der Waals surface area contributed by atoms with Crippen molar-refractivity contribution < 1.29 is 9.36 Å². The van der Waals surface area contributed by atoms with Crippen molar-refractivity contribution in [2.75, 3.05) is 5.32 Å². The van der Waals surface area contributed by atoms with E-state index < -0.39 is 0 Å². The fraction of sp³-hybridized carbons (Fsp3) is 0.238. The van der Waals surface area contributed by atoms with Gasteiger partial charge in [0.25, 0.3) is 5.91 Å². The number of amides is 1. The summed E-state index contributed by atoms with van der Waals surface area (Å²) in [6.07, 6.45) is 8.24. The summed E-state index contributed by atoms with van der Waals surface area (Å²) in [4.78, 5) is 30.4. The zero-order chi connectivity index (χ0) is 19.8. The Hall–Kier alpha value is -2.99. The lowest BCUT2D eigenvalue weighted by molar-refractivity contribution is -0.681. The normalized spacial score (nSPS) is 16.5. The summed E-state index contributed by atoms with van der Waals surface area (Å²) in [6.45, 7) is 3.86. The van der Waals surface area contributed by atoms with Crippen molar-refractivity contribution >= 4 is 34.9 Å². The van der Waals surface area contributed by atoms with E-state index >= 15 is 0 Å². The van der Waals surface area contributed by atoms with E-state index in [4.69, 9.17) is 11.6 Å². The van der Waals surface area contributed by atoms with Crippen molar-refractivity contribution in [1.29, 1.82) is 0 Å². The second kappa shape index (κ2) is 7.20. The van der Waals surface area contributed by atoms with Crippen molar-refractivity contribution in [1.82, 2.24) is 4.57 Å². The third-order valence-electron chi connectivity index (χ3n) is 5.02. The van der Waals surface area contributed by atoms with Crippen LogP contribution >= 0.6 is 11.6 Å². The van der Waals surface area contributed by atoms with Gasteiger partial charge in [-0.25, -0.2) is 4.57 Å². The third-order valence-corrected chi connectivity index (χ3v) is 5.26. The van der Waals surface area contributed by atoms with E-state index in [1.54, 1.807) is 28.8 Å². The number of anilines is 1. The highest BCUT2D eigenvalue weighted by molar-refractivity contribution is 6.30. The van der Waals surface area contributed by atoms with Crippen molar-refractivity contribution in [3.8, 4) is 0 Å². The number of nitrogens with one attached hydrogen (secondary N) is 1. The van der Waals surface area contributed by atoms with Gasteiger partial charge in [-0.2, -0.15) is 4.57 Å². The number of carbonyl (C=O) groups excluding carboxylic acids is 1. The Morgan fingerprint density at radius 3 is 2.93 bits per heavy atom. The molecule has 1 unspecified atom stereocenters. The average Bonchev–Trinajstić information content (AvgIpc) is 3.05. The van der Waals surface area contributed by atoms with Crippen LogP contribution in [0.5, 0.6) is 0 Å². The molecule has 1 N–H and O–H groups in total. The first-order valence-corrected chi connectivity index (χ1v) is 9.54. The SMILES string of the molecule is CCc1c(C)[n+](CC(=O)Nc2cccc(Cl)c2)c2n(c1=O)C1C=CC=CC1=N2. The van der Waals surface area contributed by atoms with E-state index in [0.29, 0.717) is 28.6 Å². The van der Waals surface area contributed by atoms with Crippen molar-refractivity contribution in [3.05, 3.63) is 75.2 Å². The maximum Gasteiger partial charge on any atom is 0.403 e. The number of benzene rings is 1. The molecule has 2 aromatic rings. The number of rotatable bonds is 4. The Labute approximate surface area is 167 Å². The monoisotopic (exact) mass is 395 g/mol. The fourth-order valence-corrected chi connectivity index (χ4v) is 3.85. The van der Waals surface area contributed by atoms with Crippen LogP contribution < -0.4 is 15.4 Å². The van der Waals surface area contributed by atoms with Gasteiger partial charge in [0.05, 0.1) is 11.3 Å². The smallest absolute Gasteiger partial charge is 0.323 e. The van der Waals surface area contributed by atoms with E-state index in [2.05, 4.69) is 10.3 Å². The lowest BCUT2D eigenvalue weighted by Crippen LogP contribution is -2.49. The van der Waals surface area contributed by atoms with Gasteiger partial charge in [-0.05, 0) is 43.7 Å². The third kappa shape index (κ3) is 3.10. The molecule has 6 nitrogen and oxygen atoms in total. The van der Waals surface area contributed by atoms with Gasteiger partial charge in [-0.3, -0.25) is 9.59 Å². The summed E-state index contributed by atoms with van der Waals surface area (Å²) in [5, 5.41) is 3.41. The molecule has 1 aliphatic carbocycles. The maximum atomic E-state index is 13.0. The predicted molar refractivity (Wildman–Crippen MR) is 110 cm³/mol. The Balaban J connectivity index is 1.75. The summed E-state index contributed by atoms with van der Waals surface area (Å²) in [6, 6.07) is 6.78. The second-order valence-corrected chi connectivity index (χ2v) is 7.20. The number of allylic oxidation sites excluding steroid dienone is 4. The van der Waals surface area contributed by atoms with Gasteiger partial charge in [-0.15, -0.1) is 0 Å². The molecule has 28 heavy (non-hydrogen) atoms.